The van der Waals surface area contributed by atoms with Crippen LogP contribution in [0.25, 0.3) is 0 Å². The molecule has 0 aliphatic carbocycles. The van der Waals surface area contributed by atoms with Crippen LogP contribution in [0.5, 0.6) is 0 Å². The predicted octanol–water partition coefficient (Wildman–Crippen LogP) is -0.351. The van der Waals surface area contributed by atoms with E-state index in [2.05, 4.69) is 10.6 Å². The fourth-order valence-corrected chi connectivity index (χ4v) is 0.648. The Labute approximate surface area is 66.4 Å². The number of rotatable bonds is 6. The standard InChI is InChI=1S/C7H14N2O2/c1-2-3-7(11)9-5-4-8-6-10/h6H,2-5H2,1H3,(H,8,10)(H,9,11). The van der Waals surface area contributed by atoms with Crippen molar-refractivity contribution in [3.8, 4) is 0 Å². The van der Waals surface area contributed by atoms with Gasteiger partial charge in [-0.15, -0.1) is 0 Å². The number of carbonyl (C=O) groups is 2. The summed E-state index contributed by atoms with van der Waals surface area (Å²) >= 11 is 0. The average molecular weight is 158 g/mol. The second kappa shape index (κ2) is 7.05. The van der Waals surface area contributed by atoms with Gasteiger partial charge in [0.25, 0.3) is 0 Å². The largest absolute Gasteiger partial charge is 0.357 e. The summed E-state index contributed by atoms with van der Waals surface area (Å²) in [7, 11) is 0. The van der Waals surface area contributed by atoms with Crippen molar-refractivity contribution in [3.63, 3.8) is 0 Å². The molecule has 0 atom stereocenters. The third kappa shape index (κ3) is 6.83. The Morgan fingerprint density at radius 2 is 2.18 bits per heavy atom. The number of nitrogens with one attached hydrogen (secondary N) is 2. The average Bonchev–Trinajstić information content (AvgIpc) is 1.99. The van der Waals surface area contributed by atoms with Crippen LogP contribution in [0.1, 0.15) is 19.8 Å². The Balaban J connectivity index is 3.10. The van der Waals surface area contributed by atoms with Gasteiger partial charge in [0.2, 0.25) is 12.3 Å². The summed E-state index contributed by atoms with van der Waals surface area (Å²) in [5, 5.41) is 5.11. The van der Waals surface area contributed by atoms with Crippen molar-refractivity contribution in [3.05, 3.63) is 0 Å². The third-order valence-corrected chi connectivity index (χ3v) is 1.15. The zero-order chi connectivity index (χ0) is 8.53. The second-order valence-electron chi connectivity index (χ2n) is 2.17. The van der Waals surface area contributed by atoms with Crippen molar-refractivity contribution in [1.29, 1.82) is 0 Å². The van der Waals surface area contributed by atoms with Crippen LogP contribution in [0.4, 0.5) is 0 Å². The van der Waals surface area contributed by atoms with E-state index in [9.17, 15) is 9.59 Å². The Hall–Kier alpha value is -1.06. The molecule has 64 valence electrons. The monoisotopic (exact) mass is 158 g/mol. The van der Waals surface area contributed by atoms with Gasteiger partial charge < -0.3 is 10.6 Å². The maximum absolute atomic E-state index is 10.8. The first-order valence-electron chi connectivity index (χ1n) is 3.75. The summed E-state index contributed by atoms with van der Waals surface area (Å²) in [6.45, 7) is 2.96. The Kier molecular flexibility index (Phi) is 6.37. The molecule has 0 fully saturated rings. The van der Waals surface area contributed by atoms with E-state index < -0.39 is 0 Å². The molecule has 0 saturated carbocycles. The molecule has 0 aromatic rings. The van der Waals surface area contributed by atoms with Crippen LogP contribution < -0.4 is 10.6 Å². The fraction of sp³-hybridized carbons (Fsp3) is 0.714. The highest BCUT2D eigenvalue weighted by atomic mass is 16.1. The van der Waals surface area contributed by atoms with E-state index in [1.54, 1.807) is 0 Å². The molecule has 2 amide bonds. The van der Waals surface area contributed by atoms with Crippen molar-refractivity contribution in [2.75, 3.05) is 13.1 Å². The highest BCUT2D eigenvalue weighted by Crippen LogP contribution is 1.83. The smallest absolute Gasteiger partial charge is 0.220 e. The molecule has 0 heterocycles. The summed E-state index contributed by atoms with van der Waals surface area (Å²) in [6, 6.07) is 0. The molecule has 4 heteroatoms. The lowest BCUT2D eigenvalue weighted by atomic mass is 10.3. The summed E-state index contributed by atoms with van der Waals surface area (Å²) in [5.74, 6) is 0.0419. The van der Waals surface area contributed by atoms with Gasteiger partial charge in [-0.25, -0.2) is 0 Å². The zero-order valence-electron chi connectivity index (χ0n) is 6.72. The molecule has 0 aromatic heterocycles. The van der Waals surface area contributed by atoms with Gasteiger partial charge in [-0.1, -0.05) is 6.92 Å². The molecule has 11 heavy (non-hydrogen) atoms. The van der Waals surface area contributed by atoms with Gasteiger partial charge in [-0.05, 0) is 6.42 Å². The normalized spacial score (nSPS) is 8.82. The first kappa shape index (κ1) is 9.94. The van der Waals surface area contributed by atoms with E-state index in [1.165, 1.54) is 0 Å². The fourth-order valence-electron chi connectivity index (χ4n) is 0.648. The van der Waals surface area contributed by atoms with Crippen LogP contribution in [0.2, 0.25) is 0 Å². The van der Waals surface area contributed by atoms with Crippen molar-refractivity contribution < 1.29 is 9.59 Å². The highest BCUT2D eigenvalue weighted by Gasteiger charge is 1.95. The molecule has 0 rings (SSSR count). The number of amides is 2. The van der Waals surface area contributed by atoms with Crippen LogP contribution in [0.15, 0.2) is 0 Å². The van der Waals surface area contributed by atoms with Crippen LogP contribution >= 0.6 is 0 Å². The second-order valence-corrected chi connectivity index (χ2v) is 2.17. The summed E-state index contributed by atoms with van der Waals surface area (Å²) in [4.78, 5) is 20.5. The van der Waals surface area contributed by atoms with E-state index in [0.717, 1.165) is 6.42 Å². The quantitative estimate of drug-likeness (QED) is 0.410. The summed E-state index contributed by atoms with van der Waals surface area (Å²) < 4.78 is 0. The van der Waals surface area contributed by atoms with E-state index in [1.807, 2.05) is 6.92 Å². The lowest BCUT2D eigenvalue weighted by molar-refractivity contribution is -0.121. The van der Waals surface area contributed by atoms with Crippen LogP contribution in [-0.4, -0.2) is 25.4 Å². The minimum absolute atomic E-state index is 0.0419. The number of hydrogen-bond acceptors (Lipinski definition) is 2. The molecule has 0 unspecified atom stereocenters. The van der Waals surface area contributed by atoms with Gasteiger partial charge in [0.15, 0.2) is 0 Å². The maximum Gasteiger partial charge on any atom is 0.220 e. The lowest BCUT2D eigenvalue weighted by Gasteiger charge is -2.01. The molecular formula is C7H14N2O2. The molecule has 0 saturated heterocycles. The maximum atomic E-state index is 10.8. The first-order chi connectivity index (χ1) is 5.31. The summed E-state index contributed by atoms with van der Waals surface area (Å²) in [6.07, 6.45) is 2.03. The van der Waals surface area contributed by atoms with E-state index in [0.29, 0.717) is 25.9 Å². The molecule has 2 N–H and O–H groups in total. The Bertz CT molecular complexity index is 126. The molecular weight excluding hydrogens is 144 g/mol. The topological polar surface area (TPSA) is 58.2 Å². The van der Waals surface area contributed by atoms with Gasteiger partial charge in [0.1, 0.15) is 0 Å². The highest BCUT2D eigenvalue weighted by molar-refractivity contribution is 5.75. The Morgan fingerprint density at radius 3 is 2.73 bits per heavy atom. The Morgan fingerprint density at radius 1 is 1.45 bits per heavy atom. The number of carbonyl (C=O) groups excluding carboxylic acids is 2. The zero-order valence-corrected chi connectivity index (χ0v) is 6.72. The van der Waals surface area contributed by atoms with Gasteiger partial charge in [0, 0.05) is 19.5 Å². The molecule has 0 radical (unpaired) electrons. The van der Waals surface area contributed by atoms with Crippen LogP contribution in [0, 0.1) is 0 Å². The van der Waals surface area contributed by atoms with Crippen molar-refractivity contribution in [2.24, 2.45) is 0 Å². The van der Waals surface area contributed by atoms with Gasteiger partial charge >= 0.3 is 0 Å². The van der Waals surface area contributed by atoms with Gasteiger partial charge in [-0.3, -0.25) is 9.59 Å². The molecule has 0 aliphatic rings. The van der Waals surface area contributed by atoms with Crippen molar-refractivity contribution in [2.45, 2.75) is 19.8 Å². The van der Waals surface area contributed by atoms with Gasteiger partial charge in [-0.2, -0.15) is 0 Å². The molecule has 4 nitrogen and oxygen atoms in total. The molecule has 0 spiro atoms. The van der Waals surface area contributed by atoms with Crippen LogP contribution in [-0.2, 0) is 9.59 Å². The van der Waals surface area contributed by atoms with Crippen molar-refractivity contribution >= 4 is 12.3 Å². The lowest BCUT2D eigenvalue weighted by Crippen LogP contribution is -2.30. The SMILES string of the molecule is CCCC(=O)NCCNC=O. The molecule has 0 aliphatic heterocycles. The van der Waals surface area contributed by atoms with E-state index >= 15 is 0 Å². The first-order valence-corrected chi connectivity index (χ1v) is 3.75. The molecule has 0 aromatic carbocycles. The predicted molar refractivity (Wildman–Crippen MR) is 42.0 cm³/mol. The van der Waals surface area contributed by atoms with Crippen LogP contribution in [0.3, 0.4) is 0 Å². The minimum Gasteiger partial charge on any atom is -0.357 e. The van der Waals surface area contributed by atoms with E-state index in [-0.39, 0.29) is 5.91 Å². The third-order valence-electron chi connectivity index (χ3n) is 1.15. The molecule has 0 bridgehead atoms. The summed E-state index contributed by atoms with van der Waals surface area (Å²) in [5.41, 5.74) is 0. The van der Waals surface area contributed by atoms with Crippen molar-refractivity contribution in [1.82, 2.24) is 10.6 Å². The van der Waals surface area contributed by atoms with Gasteiger partial charge in [0.05, 0.1) is 0 Å². The number of hydrogen-bond donors (Lipinski definition) is 2. The minimum atomic E-state index is 0.0419. The van der Waals surface area contributed by atoms with E-state index in [4.69, 9.17) is 0 Å².